The quantitative estimate of drug-likeness (QED) is 0.566. The number of carbonyl (C=O) groups excluding carboxylic acids is 1. The van der Waals surface area contributed by atoms with Crippen LogP contribution in [0, 0.1) is 11.3 Å². The third-order valence-electron chi connectivity index (χ3n) is 5.78. The monoisotopic (exact) mass is 444 g/mol. The van der Waals surface area contributed by atoms with E-state index in [2.05, 4.69) is 36.2 Å². The normalized spacial score (nSPS) is 20.2. The molecule has 3 rings (SSSR count). The number of anilines is 1. The summed E-state index contributed by atoms with van der Waals surface area (Å²) in [7, 11) is 0. The molecule has 0 atom stereocenters. The van der Waals surface area contributed by atoms with E-state index in [4.69, 9.17) is 0 Å². The van der Waals surface area contributed by atoms with Crippen molar-refractivity contribution in [1.29, 1.82) is 0 Å². The van der Waals surface area contributed by atoms with Crippen LogP contribution >= 0.6 is 0 Å². The fraction of sp³-hybridized carbons (Fsp3) is 0.571. The van der Waals surface area contributed by atoms with Crippen LogP contribution in [0.1, 0.15) is 80.8 Å². The van der Waals surface area contributed by atoms with E-state index in [1.165, 1.54) is 10.9 Å². The highest BCUT2D eigenvalue weighted by Gasteiger charge is 2.34. The maximum absolute atomic E-state index is 13.5. The van der Waals surface area contributed by atoms with Gasteiger partial charge in [-0.1, -0.05) is 26.8 Å². The Morgan fingerprint density at radius 2 is 1.77 bits per heavy atom. The van der Waals surface area contributed by atoms with E-state index in [1.54, 1.807) is 0 Å². The van der Waals surface area contributed by atoms with Crippen LogP contribution in [0.4, 0.5) is 27.6 Å². The molecule has 10 heteroatoms. The second kappa shape index (κ2) is 8.55. The fourth-order valence-electron chi connectivity index (χ4n) is 3.96. The average molecular weight is 444 g/mol. The molecule has 1 aliphatic rings. The van der Waals surface area contributed by atoms with Crippen LogP contribution in [-0.4, -0.2) is 20.7 Å². The number of carbonyl (C=O) groups is 1. The van der Waals surface area contributed by atoms with E-state index in [-0.39, 0.29) is 17.1 Å². The zero-order chi connectivity index (χ0) is 23.0. The zero-order valence-corrected chi connectivity index (χ0v) is 17.5. The van der Waals surface area contributed by atoms with E-state index >= 15 is 0 Å². The topological polar surface area (TPSA) is 59.8 Å². The lowest BCUT2D eigenvalue weighted by Gasteiger charge is -2.37. The van der Waals surface area contributed by atoms with Crippen molar-refractivity contribution in [2.24, 2.45) is 11.3 Å². The highest BCUT2D eigenvalue weighted by molar-refractivity contribution is 6.03. The number of amides is 1. The Morgan fingerprint density at radius 3 is 2.32 bits per heavy atom. The number of halogens is 5. The van der Waals surface area contributed by atoms with Gasteiger partial charge in [0.15, 0.2) is 5.69 Å². The van der Waals surface area contributed by atoms with Crippen LogP contribution in [0.5, 0.6) is 0 Å². The molecule has 1 aliphatic carbocycles. The lowest BCUT2D eigenvalue weighted by molar-refractivity contribution is -0.141. The van der Waals surface area contributed by atoms with Gasteiger partial charge in [-0.15, -0.1) is 0 Å². The molecule has 5 nitrogen and oxygen atoms in total. The van der Waals surface area contributed by atoms with Crippen molar-refractivity contribution < 1.29 is 26.7 Å². The summed E-state index contributed by atoms with van der Waals surface area (Å²) >= 11 is 0. The third kappa shape index (κ3) is 5.40. The number of hydrogen-bond acceptors (Lipinski definition) is 3. The van der Waals surface area contributed by atoms with Crippen molar-refractivity contribution in [1.82, 2.24) is 14.8 Å². The highest BCUT2D eigenvalue weighted by atomic mass is 19.4. The molecule has 0 unspecified atom stereocenters. The second-order valence-corrected chi connectivity index (χ2v) is 8.94. The van der Waals surface area contributed by atoms with Crippen molar-refractivity contribution in [2.75, 3.05) is 5.32 Å². The van der Waals surface area contributed by atoms with Crippen LogP contribution in [-0.2, 0) is 6.18 Å². The molecule has 0 spiro atoms. The smallest absolute Gasteiger partial charge is 0.318 e. The van der Waals surface area contributed by atoms with Crippen LogP contribution in [0.3, 0.4) is 0 Å². The van der Waals surface area contributed by atoms with Gasteiger partial charge in [0.25, 0.3) is 12.3 Å². The van der Waals surface area contributed by atoms with Gasteiger partial charge in [-0.2, -0.15) is 18.3 Å². The molecule has 2 aromatic heterocycles. The van der Waals surface area contributed by atoms with Gasteiger partial charge in [0.1, 0.15) is 11.4 Å². The molecule has 1 fully saturated rings. The van der Waals surface area contributed by atoms with E-state index in [0.29, 0.717) is 5.92 Å². The lowest BCUT2D eigenvalue weighted by atomic mass is 9.71. The van der Waals surface area contributed by atoms with Gasteiger partial charge in [-0.25, -0.2) is 13.8 Å². The van der Waals surface area contributed by atoms with Gasteiger partial charge in [0, 0.05) is 6.20 Å². The molecule has 2 heterocycles. The van der Waals surface area contributed by atoms with Crippen LogP contribution in [0.15, 0.2) is 24.4 Å². The molecule has 170 valence electrons. The number of aromatic nitrogens is 3. The Bertz CT molecular complexity index is 925. The average Bonchev–Trinajstić information content (AvgIpc) is 3.11. The summed E-state index contributed by atoms with van der Waals surface area (Å²) in [4.78, 5) is 15.7. The SMILES string of the molecule is CC(C)(C)C1CCC(n2cc(NC(=O)c3cccc(C(F)(F)F)n3)c(C(F)F)n2)CC1. The van der Waals surface area contributed by atoms with Gasteiger partial charge >= 0.3 is 6.18 Å². The fourth-order valence-corrected chi connectivity index (χ4v) is 3.96. The summed E-state index contributed by atoms with van der Waals surface area (Å²) in [6, 6.07) is 2.78. The van der Waals surface area contributed by atoms with Crippen molar-refractivity contribution in [3.05, 3.63) is 41.5 Å². The molecule has 0 saturated heterocycles. The van der Waals surface area contributed by atoms with Crippen molar-refractivity contribution in [2.45, 2.75) is 65.1 Å². The van der Waals surface area contributed by atoms with E-state index in [1.807, 2.05) is 0 Å². The van der Waals surface area contributed by atoms with E-state index < -0.39 is 35.6 Å². The van der Waals surface area contributed by atoms with Gasteiger partial charge in [0.2, 0.25) is 0 Å². The number of rotatable bonds is 4. The Hall–Kier alpha value is -2.52. The van der Waals surface area contributed by atoms with E-state index in [9.17, 15) is 26.7 Å². The Labute approximate surface area is 177 Å². The lowest BCUT2D eigenvalue weighted by Crippen LogP contribution is -2.27. The summed E-state index contributed by atoms with van der Waals surface area (Å²) in [5, 5.41) is 6.22. The number of nitrogens with one attached hydrogen (secondary N) is 1. The number of pyridine rings is 1. The highest BCUT2D eigenvalue weighted by Crippen LogP contribution is 2.42. The second-order valence-electron chi connectivity index (χ2n) is 8.94. The minimum atomic E-state index is -4.72. The molecule has 0 bridgehead atoms. The van der Waals surface area contributed by atoms with Gasteiger partial charge in [-0.05, 0) is 49.1 Å². The first kappa shape index (κ1) is 23.1. The summed E-state index contributed by atoms with van der Waals surface area (Å²) < 4.78 is 67.0. The number of alkyl halides is 5. The van der Waals surface area contributed by atoms with Crippen LogP contribution in [0.25, 0.3) is 0 Å². The Morgan fingerprint density at radius 1 is 1.13 bits per heavy atom. The van der Waals surface area contributed by atoms with Crippen LogP contribution in [0.2, 0.25) is 0 Å². The van der Waals surface area contributed by atoms with E-state index in [0.717, 1.165) is 43.9 Å². The number of nitrogens with zero attached hydrogens (tertiary/aromatic N) is 3. The van der Waals surface area contributed by atoms with Crippen molar-refractivity contribution in [3.8, 4) is 0 Å². The molecule has 1 amide bonds. The Balaban J connectivity index is 1.78. The number of hydrogen-bond donors (Lipinski definition) is 1. The molecule has 0 aliphatic heterocycles. The minimum Gasteiger partial charge on any atom is -0.318 e. The molecule has 1 saturated carbocycles. The minimum absolute atomic E-state index is 0.0755. The maximum Gasteiger partial charge on any atom is 0.433 e. The van der Waals surface area contributed by atoms with Gasteiger partial charge in [0.05, 0.1) is 11.7 Å². The predicted molar refractivity (Wildman–Crippen MR) is 105 cm³/mol. The molecule has 2 aromatic rings. The summed E-state index contributed by atoms with van der Waals surface area (Å²) in [6.45, 7) is 6.53. The first-order valence-electron chi connectivity index (χ1n) is 10.1. The standard InChI is InChI=1S/C21H25F5N4O/c1-20(2,3)12-7-9-13(10-8-12)30-11-15(17(29-30)18(22)23)28-19(31)14-5-4-6-16(27-14)21(24,25)26/h4-6,11-13,18H,7-10H2,1-3H3,(H,28,31). The molecule has 0 aromatic carbocycles. The maximum atomic E-state index is 13.5. The first-order valence-corrected chi connectivity index (χ1v) is 10.1. The summed E-state index contributed by atoms with van der Waals surface area (Å²) in [5.41, 5.74) is -2.43. The van der Waals surface area contributed by atoms with Gasteiger partial charge in [-0.3, -0.25) is 9.48 Å². The van der Waals surface area contributed by atoms with Gasteiger partial charge < -0.3 is 5.32 Å². The summed E-state index contributed by atoms with van der Waals surface area (Å²) in [6.07, 6.45) is -2.92. The zero-order valence-electron chi connectivity index (χ0n) is 17.5. The largest absolute Gasteiger partial charge is 0.433 e. The predicted octanol–water partition coefficient (Wildman–Crippen LogP) is 6.26. The molecule has 1 N–H and O–H groups in total. The molecular weight excluding hydrogens is 419 g/mol. The Kier molecular flexibility index (Phi) is 6.38. The van der Waals surface area contributed by atoms with Crippen molar-refractivity contribution >= 4 is 11.6 Å². The molecule has 0 radical (unpaired) electrons. The molecular formula is C21H25F5N4O. The summed E-state index contributed by atoms with van der Waals surface area (Å²) in [5.74, 6) is -0.482. The van der Waals surface area contributed by atoms with Crippen LogP contribution < -0.4 is 5.32 Å². The molecule has 31 heavy (non-hydrogen) atoms. The third-order valence-corrected chi connectivity index (χ3v) is 5.78. The first-order chi connectivity index (χ1) is 14.4. The van der Waals surface area contributed by atoms with Crippen molar-refractivity contribution in [3.63, 3.8) is 0 Å².